The van der Waals surface area contributed by atoms with Crippen molar-refractivity contribution in [2.75, 3.05) is 13.2 Å². The summed E-state index contributed by atoms with van der Waals surface area (Å²) in [6.07, 6.45) is 8.61. The van der Waals surface area contributed by atoms with E-state index in [1.807, 2.05) is 0 Å². The van der Waals surface area contributed by atoms with Crippen molar-refractivity contribution in [3.8, 4) is 0 Å². The number of aryl methyl sites for hydroxylation is 1. The van der Waals surface area contributed by atoms with Crippen molar-refractivity contribution in [1.82, 2.24) is 15.3 Å². The van der Waals surface area contributed by atoms with Gasteiger partial charge in [0.1, 0.15) is 0 Å². The van der Waals surface area contributed by atoms with Crippen molar-refractivity contribution in [3.63, 3.8) is 0 Å². The molecule has 0 bridgehead atoms. The third-order valence-corrected chi connectivity index (χ3v) is 3.56. The van der Waals surface area contributed by atoms with Gasteiger partial charge >= 0.3 is 0 Å². The molecule has 120 valence electrons. The second-order valence-electron chi connectivity index (χ2n) is 5.47. The van der Waals surface area contributed by atoms with Gasteiger partial charge in [-0.15, -0.1) is 0 Å². The zero-order chi connectivity index (χ0) is 15.5. The Balaban J connectivity index is 2.46. The third kappa shape index (κ3) is 6.98. The van der Waals surface area contributed by atoms with Crippen LogP contribution in [-0.2, 0) is 12.8 Å². The molecule has 1 heterocycles. The molecule has 0 unspecified atom stereocenters. The van der Waals surface area contributed by atoms with Gasteiger partial charge in [-0.1, -0.05) is 26.7 Å². The van der Waals surface area contributed by atoms with Crippen molar-refractivity contribution < 1.29 is 10.2 Å². The number of aromatic nitrogens is 2. The molecule has 0 fully saturated rings. The van der Waals surface area contributed by atoms with E-state index in [-0.39, 0.29) is 12.6 Å². The molecule has 0 aliphatic heterocycles. The monoisotopic (exact) mass is 295 g/mol. The number of unbranched alkanes of at least 4 members (excludes halogenated alkanes) is 2. The number of nitrogens with zero attached hydrogens (tertiary/aromatic N) is 2. The molecule has 0 saturated heterocycles. The second-order valence-corrected chi connectivity index (χ2v) is 5.47. The molecule has 5 nitrogen and oxygen atoms in total. The summed E-state index contributed by atoms with van der Waals surface area (Å²) in [5, 5.41) is 22.7. The summed E-state index contributed by atoms with van der Waals surface area (Å²) < 4.78 is 0. The molecule has 0 aliphatic rings. The van der Waals surface area contributed by atoms with Crippen LogP contribution in [0, 0.1) is 0 Å². The van der Waals surface area contributed by atoms with Crippen molar-refractivity contribution in [1.29, 1.82) is 0 Å². The summed E-state index contributed by atoms with van der Waals surface area (Å²) in [6, 6.07) is -0.307. The first kappa shape index (κ1) is 18.0. The molecule has 0 amide bonds. The molecule has 0 saturated carbocycles. The van der Waals surface area contributed by atoms with Crippen LogP contribution >= 0.6 is 0 Å². The van der Waals surface area contributed by atoms with E-state index in [0.717, 1.165) is 50.0 Å². The van der Waals surface area contributed by atoms with E-state index in [1.165, 1.54) is 0 Å². The summed E-state index contributed by atoms with van der Waals surface area (Å²) in [5.41, 5.74) is 1.76. The lowest BCUT2D eigenvalue weighted by molar-refractivity contribution is 0.0893. The summed E-state index contributed by atoms with van der Waals surface area (Å²) in [4.78, 5) is 8.73. The number of aliphatic hydroxyl groups excluding tert-OH is 2. The maximum Gasteiger partial charge on any atom is 0.0771 e. The molecule has 5 heteroatoms. The van der Waals surface area contributed by atoms with Crippen LogP contribution in [0.1, 0.15) is 50.9 Å². The smallest absolute Gasteiger partial charge is 0.0771 e. The molecular formula is C16H29N3O2. The maximum absolute atomic E-state index is 10.2. The number of hydrogen-bond acceptors (Lipinski definition) is 5. The van der Waals surface area contributed by atoms with E-state index in [2.05, 4.69) is 29.1 Å². The Morgan fingerprint density at radius 3 is 2.33 bits per heavy atom. The zero-order valence-electron chi connectivity index (χ0n) is 13.3. The minimum absolute atomic E-state index is 0.0765. The van der Waals surface area contributed by atoms with Crippen LogP contribution in [-0.4, -0.2) is 45.5 Å². The van der Waals surface area contributed by atoms with Gasteiger partial charge in [0.05, 0.1) is 30.1 Å². The van der Waals surface area contributed by atoms with Gasteiger partial charge < -0.3 is 15.5 Å². The molecule has 2 atom stereocenters. The topological polar surface area (TPSA) is 78.3 Å². The summed E-state index contributed by atoms with van der Waals surface area (Å²) >= 11 is 0. The normalized spacial score (nSPS) is 14.1. The van der Waals surface area contributed by atoms with Crippen LogP contribution in [0.3, 0.4) is 0 Å². The van der Waals surface area contributed by atoms with Gasteiger partial charge in [-0.25, -0.2) is 0 Å². The first-order chi connectivity index (χ1) is 10.2. The Morgan fingerprint density at radius 2 is 1.76 bits per heavy atom. The van der Waals surface area contributed by atoms with Crippen LogP contribution < -0.4 is 5.32 Å². The Hall–Kier alpha value is -1.04. The third-order valence-electron chi connectivity index (χ3n) is 3.56. The second kappa shape index (κ2) is 10.7. The Labute approximate surface area is 127 Å². The molecule has 0 radical (unpaired) electrons. The van der Waals surface area contributed by atoms with E-state index in [0.29, 0.717) is 6.42 Å². The first-order valence-corrected chi connectivity index (χ1v) is 8.03. The van der Waals surface area contributed by atoms with E-state index >= 15 is 0 Å². The van der Waals surface area contributed by atoms with Crippen LogP contribution in [0.5, 0.6) is 0 Å². The Kier molecular flexibility index (Phi) is 9.14. The van der Waals surface area contributed by atoms with E-state index in [4.69, 9.17) is 0 Å². The number of hydrogen-bond donors (Lipinski definition) is 3. The van der Waals surface area contributed by atoms with Crippen molar-refractivity contribution >= 4 is 0 Å². The van der Waals surface area contributed by atoms with Crippen molar-refractivity contribution in [3.05, 3.63) is 23.8 Å². The molecule has 21 heavy (non-hydrogen) atoms. The van der Waals surface area contributed by atoms with E-state index < -0.39 is 6.10 Å². The Morgan fingerprint density at radius 1 is 1.10 bits per heavy atom. The van der Waals surface area contributed by atoms with Gasteiger partial charge in [0.2, 0.25) is 0 Å². The SMILES string of the molecule is CCCCN[C@H](CO)[C@H](O)Cc1cnc(CCCC)cn1. The first-order valence-electron chi connectivity index (χ1n) is 8.03. The molecule has 1 rings (SSSR count). The largest absolute Gasteiger partial charge is 0.395 e. The van der Waals surface area contributed by atoms with Gasteiger partial charge in [0.25, 0.3) is 0 Å². The summed E-state index contributed by atoms with van der Waals surface area (Å²) in [6.45, 7) is 4.99. The zero-order valence-corrected chi connectivity index (χ0v) is 13.3. The molecule has 0 aromatic carbocycles. The lowest BCUT2D eigenvalue weighted by Gasteiger charge is -2.22. The summed E-state index contributed by atoms with van der Waals surface area (Å²) in [7, 11) is 0. The average Bonchev–Trinajstić information content (AvgIpc) is 2.51. The van der Waals surface area contributed by atoms with E-state index in [1.54, 1.807) is 12.4 Å². The molecule has 0 aliphatic carbocycles. The molecule has 1 aromatic rings. The fourth-order valence-corrected chi connectivity index (χ4v) is 2.12. The highest BCUT2D eigenvalue weighted by Gasteiger charge is 2.18. The van der Waals surface area contributed by atoms with E-state index in [9.17, 15) is 10.2 Å². The van der Waals surface area contributed by atoms with Crippen LogP contribution in [0.15, 0.2) is 12.4 Å². The predicted molar refractivity (Wildman–Crippen MR) is 84.1 cm³/mol. The lowest BCUT2D eigenvalue weighted by atomic mass is 10.1. The van der Waals surface area contributed by atoms with Gasteiger partial charge in [-0.2, -0.15) is 0 Å². The van der Waals surface area contributed by atoms with Crippen molar-refractivity contribution in [2.24, 2.45) is 0 Å². The van der Waals surface area contributed by atoms with Gasteiger partial charge in [0.15, 0.2) is 0 Å². The number of nitrogens with one attached hydrogen (secondary N) is 1. The lowest BCUT2D eigenvalue weighted by Crippen LogP contribution is -2.44. The minimum Gasteiger partial charge on any atom is -0.395 e. The summed E-state index contributed by atoms with van der Waals surface area (Å²) in [5.74, 6) is 0. The highest BCUT2D eigenvalue weighted by molar-refractivity contribution is 5.04. The highest BCUT2D eigenvalue weighted by Crippen LogP contribution is 2.06. The van der Waals surface area contributed by atoms with Crippen LogP contribution in [0.2, 0.25) is 0 Å². The van der Waals surface area contributed by atoms with Crippen LogP contribution in [0.4, 0.5) is 0 Å². The quantitative estimate of drug-likeness (QED) is 0.539. The van der Waals surface area contributed by atoms with Gasteiger partial charge in [-0.3, -0.25) is 9.97 Å². The molecular weight excluding hydrogens is 266 g/mol. The van der Waals surface area contributed by atoms with Crippen molar-refractivity contribution in [2.45, 2.75) is 64.5 Å². The number of rotatable bonds is 11. The van der Waals surface area contributed by atoms with Gasteiger partial charge in [-0.05, 0) is 25.8 Å². The molecule has 0 spiro atoms. The minimum atomic E-state index is -0.650. The maximum atomic E-state index is 10.2. The van der Waals surface area contributed by atoms with Gasteiger partial charge in [0, 0.05) is 18.8 Å². The molecule has 1 aromatic heterocycles. The highest BCUT2D eigenvalue weighted by atomic mass is 16.3. The van der Waals surface area contributed by atoms with Crippen LogP contribution in [0.25, 0.3) is 0 Å². The molecule has 3 N–H and O–H groups in total. The predicted octanol–water partition coefficient (Wildman–Crippen LogP) is 1.47. The Bertz CT molecular complexity index is 370. The fourth-order valence-electron chi connectivity index (χ4n) is 2.12. The number of aliphatic hydroxyl groups is 2. The standard InChI is InChI=1S/C16H29N3O2/c1-3-5-7-13-10-19-14(11-18-13)9-16(21)15(12-20)17-8-6-4-2/h10-11,15-17,20-21H,3-9,12H2,1-2H3/t15-,16-/m1/s1. The fraction of sp³-hybridized carbons (Fsp3) is 0.750. The average molecular weight is 295 g/mol.